The van der Waals surface area contributed by atoms with Crippen LogP contribution in [0.25, 0.3) is 0 Å². The Morgan fingerprint density at radius 1 is 1.44 bits per heavy atom. The molecule has 1 aliphatic rings. The van der Waals surface area contributed by atoms with Gasteiger partial charge in [0.15, 0.2) is 0 Å². The Kier molecular flexibility index (Phi) is 2.99. The first-order valence-electron chi connectivity index (χ1n) is 5.30. The van der Waals surface area contributed by atoms with Crippen LogP contribution in [0.5, 0.6) is 11.5 Å². The van der Waals surface area contributed by atoms with Crippen molar-refractivity contribution in [2.24, 2.45) is 5.16 Å². The van der Waals surface area contributed by atoms with Gasteiger partial charge in [0, 0.05) is 11.1 Å². The van der Waals surface area contributed by atoms with Crippen LogP contribution < -0.4 is 4.74 Å². The Labute approximate surface area is 94.5 Å². The predicted octanol–water partition coefficient (Wildman–Crippen LogP) is 2.22. The van der Waals surface area contributed by atoms with Crippen molar-refractivity contribution in [1.29, 1.82) is 0 Å². The molecular formula is C12H15NO3. The van der Waals surface area contributed by atoms with Crippen molar-refractivity contribution in [1.82, 2.24) is 0 Å². The Hall–Kier alpha value is -1.71. The van der Waals surface area contributed by atoms with Gasteiger partial charge >= 0.3 is 0 Å². The van der Waals surface area contributed by atoms with E-state index in [-0.39, 0.29) is 5.75 Å². The molecule has 4 heteroatoms. The molecule has 0 amide bonds. The van der Waals surface area contributed by atoms with E-state index in [2.05, 4.69) is 5.16 Å². The van der Waals surface area contributed by atoms with Gasteiger partial charge < -0.3 is 14.7 Å². The molecule has 0 fully saturated rings. The molecule has 0 bridgehead atoms. The summed E-state index contributed by atoms with van der Waals surface area (Å²) in [4.78, 5) is 4.83. The number of fused-ring (bicyclic) bond motifs is 1. The Morgan fingerprint density at radius 2 is 2.25 bits per heavy atom. The molecule has 4 nitrogen and oxygen atoms in total. The number of ether oxygens (including phenoxy) is 1. The number of aromatic hydroxyl groups is 1. The van der Waals surface area contributed by atoms with E-state index < -0.39 is 0 Å². The predicted molar refractivity (Wildman–Crippen MR) is 61.1 cm³/mol. The molecule has 0 atom stereocenters. The second kappa shape index (κ2) is 4.43. The number of hydrogen-bond acceptors (Lipinski definition) is 4. The minimum absolute atomic E-state index is 0.248. The summed E-state index contributed by atoms with van der Waals surface area (Å²) < 4.78 is 5.64. The summed E-state index contributed by atoms with van der Waals surface area (Å²) in [5.74, 6) is 0.964. The van der Waals surface area contributed by atoms with Gasteiger partial charge in [0.05, 0.1) is 12.3 Å². The Bertz CT molecular complexity index is 427. The number of hydrogen-bond donors (Lipinski definition) is 1. The first kappa shape index (κ1) is 10.8. The fourth-order valence-corrected chi connectivity index (χ4v) is 1.85. The molecule has 0 radical (unpaired) electrons. The SMILES string of the molecule is CO/N=C1/CCCOc2c1ccc(O)c2C. The van der Waals surface area contributed by atoms with Crippen molar-refractivity contribution in [3.8, 4) is 11.5 Å². The second-order valence-corrected chi connectivity index (χ2v) is 3.76. The average Bonchev–Trinajstić information content (AvgIpc) is 2.48. The van der Waals surface area contributed by atoms with Crippen LogP contribution in [0.15, 0.2) is 17.3 Å². The summed E-state index contributed by atoms with van der Waals surface area (Å²) >= 11 is 0. The Balaban J connectivity index is 2.55. The standard InChI is InChI=1S/C12H15NO3/c1-8-11(14)6-5-9-10(13-15-2)4-3-7-16-12(8)9/h5-6,14H,3-4,7H2,1-2H3/b13-10-. The van der Waals surface area contributed by atoms with E-state index in [1.807, 2.05) is 13.0 Å². The summed E-state index contributed by atoms with van der Waals surface area (Å²) in [6.07, 6.45) is 1.72. The first-order chi connectivity index (χ1) is 7.74. The molecule has 0 saturated carbocycles. The average molecular weight is 221 g/mol. The highest BCUT2D eigenvalue weighted by Crippen LogP contribution is 2.33. The smallest absolute Gasteiger partial charge is 0.135 e. The van der Waals surface area contributed by atoms with Crippen LogP contribution in [0.2, 0.25) is 0 Å². The number of nitrogens with zero attached hydrogens (tertiary/aromatic N) is 1. The molecule has 1 aromatic carbocycles. The minimum Gasteiger partial charge on any atom is -0.508 e. The molecule has 0 aliphatic carbocycles. The molecule has 1 aromatic rings. The topological polar surface area (TPSA) is 51.0 Å². The third kappa shape index (κ3) is 1.83. The van der Waals surface area contributed by atoms with Gasteiger partial charge in [0.1, 0.15) is 18.6 Å². The van der Waals surface area contributed by atoms with Gasteiger partial charge in [-0.3, -0.25) is 0 Å². The lowest BCUT2D eigenvalue weighted by atomic mass is 10.0. The highest BCUT2D eigenvalue weighted by molar-refractivity contribution is 6.03. The summed E-state index contributed by atoms with van der Waals surface area (Å²) in [5, 5.41) is 13.6. The van der Waals surface area contributed by atoms with Crippen LogP contribution in [-0.4, -0.2) is 24.5 Å². The lowest BCUT2D eigenvalue weighted by Gasteiger charge is -2.11. The normalized spacial score (nSPS) is 17.5. The number of oxime groups is 1. The Morgan fingerprint density at radius 3 is 3.00 bits per heavy atom. The van der Waals surface area contributed by atoms with Crippen LogP contribution in [0.4, 0.5) is 0 Å². The molecule has 1 N–H and O–H groups in total. The molecule has 2 rings (SSSR count). The van der Waals surface area contributed by atoms with Crippen LogP contribution in [0.3, 0.4) is 0 Å². The highest BCUT2D eigenvalue weighted by Gasteiger charge is 2.19. The van der Waals surface area contributed by atoms with Crippen molar-refractivity contribution < 1.29 is 14.7 Å². The van der Waals surface area contributed by atoms with Crippen molar-refractivity contribution in [2.75, 3.05) is 13.7 Å². The molecule has 0 aromatic heterocycles. The van der Waals surface area contributed by atoms with E-state index in [1.54, 1.807) is 6.07 Å². The van der Waals surface area contributed by atoms with Gasteiger partial charge in [-0.2, -0.15) is 0 Å². The lowest BCUT2D eigenvalue weighted by molar-refractivity contribution is 0.213. The van der Waals surface area contributed by atoms with Crippen molar-refractivity contribution >= 4 is 5.71 Å². The summed E-state index contributed by atoms with van der Waals surface area (Å²) in [5.41, 5.74) is 2.54. The zero-order chi connectivity index (χ0) is 11.5. The molecule has 86 valence electrons. The largest absolute Gasteiger partial charge is 0.508 e. The van der Waals surface area contributed by atoms with Crippen molar-refractivity contribution in [3.05, 3.63) is 23.3 Å². The van der Waals surface area contributed by atoms with Crippen molar-refractivity contribution in [2.45, 2.75) is 19.8 Å². The molecule has 16 heavy (non-hydrogen) atoms. The fraction of sp³-hybridized carbons (Fsp3) is 0.417. The van der Waals surface area contributed by atoms with Crippen LogP contribution in [-0.2, 0) is 4.84 Å². The molecule has 1 aliphatic heterocycles. The van der Waals surface area contributed by atoms with Gasteiger partial charge in [-0.05, 0) is 31.9 Å². The van der Waals surface area contributed by atoms with Gasteiger partial charge in [0.25, 0.3) is 0 Å². The second-order valence-electron chi connectivity index (χ2n) is 3.76. The molecular weight excluding hydrogens is 206 g/mol. The monoisotopic (exact) mass is 221 g/mol. The van der Waals surface area contributed by atoms with Gasteiger partial charge in [0.2, 0.25) is 0 Å². The molecule has 0 saturated heterocycles. The van der Waals surface area contributed by atoms with E-state index in [0.29, 0.717) is 12.4 Å². The number of benzene rings is 1. The van der Waals surface area contributed by atoms with E-state index in [1.165, 1.54) is 7.11 Å². The summed E-state index contributed by atoms with van der Waals surface area (Å²) in [6.45, 7) is 2.48. The fourth-order valence-electron chi connectivity index (χ4n) is 1.85. The molecule has 1 heterocycles. The zero-order valence-electron chi connectivity index (χ0n) is 9.49. The third-order valence-electron chi connectivity index (χ3n) is 2.69. The van der Waals surface area contributed by atoms with Crippen molar-refractivity contribution in [3.63, 3.8) is 0 Å². The van der Waals surface area contributed by atoms with E-state index in [9.17, 15) is 5.11 Å². The summed E-state index contributed by atoms with van der Waals surface area (Å²) in [6, 6.07) is 3.48. The maximum absolute atomic E-state index is 9.63. The number of phenolic OH excluding ortho intramolecular Hbond substituents is 1. The zero-order valence-corrected chi connectivity index (χ0v) is 9.49. The van der Waals surface area contributed by atoms with Gasteiger partial charge in [-0.25, -0.2) is 0 Å². The van der Waals surface area contributed by atoms with Gasteiger partial charge in [-0.1, -0.05) is 5.16 Å². The number of phenols is 1. The maximum atomic E-state index is 9.63. The highest BCUT2D eigenvalue weighted by atomic mass is 16.6. The third-order valence-corrected chi connectivity index (χ3v) is 2.69. The van der Waals surface area contributed by atoms with Gasteiger partial charge in [-0.15, -0.1) is 0 Å². The quantitative estimate of drug-likeness (QED) is 0.740. The van der Waals surface area contributed by atoms with E-state index in [0.717, 1.165) is 29.7 Å². The molecule has 0 spiro atoms. The summed E-state index contributed by atoms with van der Waals surface area (Å²) in [7, 11) is 1.53. The lowest BCUT2D eigenvalue weighted by Crippen LogP contribution is -2.01. The maximum Gasteiger partial charge on any atom is 0.135 e. The van der Waals surface area contributed by atoms with E-state index >= 15 is 0 Å². The van der Waals surface area contributed by atoms with Crippen LogP contribution >= 0.6 is 0 Å². The number of rotatable bonds is 1. The first-order valence-corrected chi connectivity index (χ1v) is 5.30. The van der Waals surface area contributed by atoms with Crippen LogP contribution in [0, 0.1) is 6.92 Å². The minimum atomic E-state index is 0.248. The van der Waals surface area contributed by atoms with E-state index in [4.69, 9.17) is 9.57 Å². The van der Waals surface area contributed by atoms with Crippen LogP contribution in [0.1, 0.15) is 24.0 Å². The molecule has 0 unspecified atom stereocenters.